The molecule has 2 saturated heterocycles. The summed E-state index contributed by atoms with van der Waals surface area (Å²) in [6, 6.07) is 12.3. The Balaban J connectivity index is 1.22. The van der Waals surface area contributed by atoms with Crippen LogP contribution < -0.4 is 9.64 Å². The topological polar surface area (TPSA) is 48.8 Å². The Labute approximate surface area is 174 Å². The molecule has 0 unspecified atom stereocenters. The molecular weight excluding hydrogens is 362 g/mol. The Morgan fingerprint density at radius 2 is 1.72 bits per heavy atom. The Kier molecular flexibility index (Phi) is 6.67. The number of likely N-dealkylation sites (tertiary alicyclic amines) is 1. The first-order valence-corrected chi connectivity index (χ1v) is 11.1. The fourth-order valence-electron chi connectivity index (χ4n) is 4.48. The lowest BCUT2D eigenvalue weighted by Gasteiger charge is -2.39. The number of rotatable bonds is 7. The van der Waals surface area contributed by atoms with Crippen molar-refractivity contribution in [2.75, 3.05) is 44.2 Å². The van der Waals surface area contributed by atoms with Gasteiger partial charge in [-0.25, -0.2) is 0 Å². The zero-order chi connectivity index (χ0) is 19.9. The Bertz CT molecular complexity index is 736. The molecule has 2 aliphatic rings. The normalized spacial score (nSPS) is 19.8. The van der Waals surface area contributed by atoms with Crippen LogP contribution in [0.5, 0.6) is 5.75 Å². The third-order valence-corrected chi connectivity index (χ3v) is 6.33. The molecule has 29 heavy (non-hydrogen) atoms. The number of ether oxygens (including phenoxy) is 1. The maximum Gasteiger partial charge on any atom is 0.119 e. The van der Waals surface area contributed by atoms with Crippen molar-refractivity contribution in [3.8, 4) is 5.75 Å². The van der Waals surface area contributed by atoms with Crippen molar-refractivity contribution in [1.82, 2.24) is 9.88 Å². The van der Waals surface area contributed by atoms with Gasteiger partial charge in [0.25, 0.3) is 0 Å². The van der Waals surface area contributed by atoms with Crippen molar-refractivity contribution in [2.45, 2.75) is 44.1 Å². The van der Waals surface area contributed by atoms with Crippen molar-refractivity contribution in [3.63, 3.8) is 0 Å². The number of aliphatic hydroxyl groups is 1. The summed E-state index contributed by atoms with van der Waals surface area (Å²) in [6.45, 7) is 6.09. The van der Waals surface area contributed by atoms with Gasteiger partial charge in [0.1, 0.15) is 5.75 Å². The van der Waals surface area contributed by atoms with Crippen LogP contribution in [0.15, 0.2) is 48.8 Å². The van der Waals surface area contributed by atoms with Crippen LogP contribution >= 0.6 is 0 Å². The summed E-state index contributed by atoms with van der Waals surface area (Å²) in [7, 11) is 0. The minimum absolute atomic E-state index is 0.716. The maximum absolute atomic E-state index is 11.0. The van der Waals surface area contributed by atoms with E-state index >= 15 is 0 Å². The van der Waals surface area contributed by atoms with Crippen LogP contribution in [0, 0.1) is 0 Å². The highest BCUT2D eigenvalue weighted by Gasteiger charge is 2.34. The zero-order valence-electron chi connectivity index (χ0n) is 17.3. The molecule has 0 atom stereocenters. The van der Waals surface area contributed by atoms with Gasteiger partial charge in [0.05, 0.1) is 12.2 Å². The number of anilines is 1. The molecule has 0 saturated carbocycles. The smallest absolute Gasteiger partial charge is 0.119 e. The zero-order valence-corrected chi connectivity index (χ0v) is 17.3. The highest BCUT2D eigenvalue weighted by Crippen LogP contribution is 2.34. The molecule has 156 valence electrons. The summed E-state index contributed by atoms with van der Waals surface area (Å²) in [6.07, 6.45) is 10.1. The van der Waals surface area contributed by atoms with Gasteiger partial charge in [0.2, 0.25) is 0 Å². The minimum atomic E-state index is -0.762. The van der Waals surface area contributed by atoms with Gasteiger partial charge >= 0.3 is 0 Å². The first kappa shape index (κ1) is 20.2. The Morgan fingerprint density at radius 3 is 2.41 bits per heavy atom. The third kappa shape index (κ3) is 5.28. The lowest BCUT2D eigenvalue weighted by molar-refractivity contribution is 0.0114. The standard InChI is InChI=1S/C24H33N3O2/c28-24(21-6-4-13-25-20-21)11-17-27(18-12-24)22-7-9-23(10-8-22)29-19-5-16-26-14-2-1-3-15-26/h4,6-10,13,20,28H,1-3,5,11-12,14-19H2. The molecule has 2 aliphatic heterocycles. The van der Waals surface area contributed by atoms with Gasteiger partial charge in [-0.05, 0) is 75.5 Å². The van der Waals surface area contributed by atoms with E-state index in [9.17, 15) is 5.11 Å². The van der Waals surface area contributed by atoms with Crippen LogP contribution in [0.3, 0.4) is 0 Å². The van der Waals surface area contributed by atoms with Gasteiger partial charge < -0.3 is 19.6 Å². The van der Waals surface area contributed by atoms with Gasteiger partial charge in [0.15, 0.2) is 0 Å². The molecule has 0 spiro atoms. The van der Waals surface area contributed by atoms with E-state index in [0.29, 0.717) is 12.8 Å². The van der Waals surface area contributed by atoms with Crippen molar-refractivity contribution in [2.24, 2.45) is 0 Å². The molecule has 5 nitrogen and oxygen atoms in total. The molecule has 0 aliphatic carbocycles. The quantitative estimate of drug-likeness (QED) is 0.722. The molecule has 1 aromatic heterocycles. The average Bonchev–Trinajstić information content (AvgIpc) is 2.79. The lowest BCUT2D eigenvalue weighted by atomic mass is 9.85. The fraction of sp³-hybridized carbons (Fsp3) is 0.542. The first-order chi connectivity index (χ1) is 14.2. The number of benzene rings is 1. The van der Waals surface area contributed by atoms with Gasteiger partial charge in [0, 0.05) is 43.3 Å². The lowest BCUT2D eigenvalue weighted by Crippen LogP contribution is -2.42. The van der Waals surface area contributed by atoms with Crippen LogP contribution in [-0.2, 0) is 5.60 Å². The molecule has 3 heterocycles. The van der Waals surface area contributed by atoms with Crippen LogP contribution in [0.4, 0.5) is 5.69 Å². The van der Waals surface area contributed by atoms with Crippen LogP contribution in [0.1, 0.15) is 44.1 Å². The number of hydrogen-bond acceptors (Lipinski definition) is 5. The molecule has 1 N–H and O–H groups in total. The molecule has 0 bridgehead atoms. The largest absolute Gasteiger partial charge is 0.494 e. The molecule has 0 radical (unpaired) electrons. The Morgan fingerprint density at radius 1 is 0.966 bits per heavy atom. The van der Waals surface area contributed by atoms with Crippen LogP contribution in [0.2, 0.25) is 0 Å². The highest BCUT2D eigenvalue weighted by molar-refractivity contribution is 5.49. The Hall–Kier alpha value is -2.11. The van der Waals surface area contributed by atoms with E-state index in [1.165, 1.54) is 38.0 Å². The van der Waals surface area contributed by atoms with E-state index in [-0.39, 0.29) is 0 Å². The third-order valence-electron chi connectivity index (χ3n) is 6.33. The summed E-state index contributed by atoms with van der Waals surface area (Å²) in [5.41, 5.74) is 1.36. The van der Waals surface area contributed by atoms with Gasteiger partial charge in [-0.15, -0.1) is 0 Å². The summed E-state index contributed by atoms with van der Waals surface area (Å²) < 4.78 is 5.94. The number of aromatic nitrogens is 1. The fourth-order valence-corrected chi connectivity index (χ4v) is 4.48. The number of pyridine rings is 1. The van der Waals surface area contributed by atoms with Crippen LogP contribution in [-0.4, -0.2) is 54.3 Å². The van der Waals surface area contributed by atoms with Crippen LogP contribution in [0.25, 0.3) is 0 Å². The van der Waals surface area contributed by atoms with Gasteiger partial charge in [-0.3, -0.25) is 4.98 Å². The summed E-state index contributed by atoms with van der Waals surface area (Å²) in [5.74, 6) is 0.941. The van der Waals surface area contributed by atoms with Gasteiger partial charge in [-0.1, -0.05) is 12.5 Å². The summed E-state index contributed by atoms with van der Waals surface area (Å²) >= 11 is 0. The maximum atomic E-state index is 11.0. The average molecular weight is 396 g/mol. The molecule has 0 amide bonds. The molecule has 4 rings (SSSR count). The van der Waals surface area contributed by atoms with Gasteiger partial charge in [-0.2, -0.15) is 0 Å². The number of hydrogen-bond donors (Lipinski definition) is 1. The second kappa shape index (κ2) is 9.59. The monoisotopic (exact) mass is 395 g/mol. The summed E-state index contributed by atoms with van der Waals surface area (Å²) in [4.78, 5) is 9.05. The van der Waals surface area contributed by atoms with E-state index in [1.54, 1.807) is 12.4 Å². The molecule has 2 aromatic rings. The predicted molar refractivity (Wildman–Crippen MR) is 116 cm³/mol. The first-order valence-electron chi connectivity index (χ1n) is 11.1. The SMILES string of the molecule is OC1(c2cccnc2)CCN(c2ccc(OCCCN3CCCCC3)cc2)CC1. The number of piperidine rings is 2. The number of nitrogens with zero attached hydrogens (tertiary/aromatic N) is 3. The molecule has 5 heteroatoms. The molecule has 1 aromatic carbocycles. The molecular formula is C24H33N3O2. The van der Waals surface area contributed by atoms with E-state index < -0.39 is 5.60 Å². The second-order valence-electron chi connectivity index (χ2n) is 8.36. The van der Waals surface area contributed by atoms with Crippen molar-refractivity contribution in [1.29, 1.82) is 0 Å². The van der Waals surface area contributed by atoms with E-state index in [4.69, 9.17) is 4.74 Å². The van der Waals surface area contributed by atoms with E-state index in [2.05, 4.69) is 39.0 Å². The minimum Gasteiger partial charge on any atom is -0.494 e. The van der Waals surface area contributed by atoms with Crippen molar-refractivity contribution >= 4 is 5.69 Å². The second-order valence-corrected chi connectivity index (χ2v) is 8.36. The highest BCUT2D eigenvalue weighted by atomic mass is 16.5. The van der Waals surface area contributed by atoms with Crippen molar-refractivity contribution < 1.29 is 9.84 Å². The van der Waals surface area contributed by atoms with E-state index in [1.807, 2.05) is 12.1 Å². The van der Waals surface area contributed by atoms with E-state index in [0.717, 1.165) is 44.0 Å². The van der Waals surface area contributed by atoms with Crippen molar-refractivity contribution in [3.05, 3.63) is 54.4 Å². The predicted octanol–water partition coefficient (Wildman–Crippen LogP) is 3.82. The molecule has 2 fully saturated rings. The summed E-state index contributed by atoms with van der Waals surface area (Å²) in [5, 5.41) is 11.0.